The van der Waals surface area contributed by atoms with Crippen molar-refractivity contribution in [1.29, 1.82) is 0 Å². The monoisotopic (exact) mass is 586 g/mol. The lowest BCUT2D eigenvalue weighted by molar-refractivity contribution is -0.143. The molecule has 1 saturated heterocycles. The van der Waals surface area contributed by atoms with Gasteiger partial charge in [0.15, 0.2) is 5.78 Å². The third-order valence-electron chi connectivity index (χ3n) is 10.1. The fourth-order valence-corrected chi connectivity index (χ4v) is 8.07. The van der Waals surface area contributed by atoms with Crippen LogP contribution in [0.1, 0.15) is 94.1 Å². The molecule has 3 aliphatic rings. The second-order valence-corrected chi connectivity index (χ2v) is 13.0. The standard InChI is InChI=1S/C33H44ClFN2O4/c1-3-41-33(40)30-29(34)26-17-21(9-14-27(26)36-30)18-28(38)31-25(23-7-5-4-6-8-23)15-16-37(31)32(39)24-12-10-22(11-13-24)20(2)19-35/h9,14,17,20,22-25,31,36H,3-8,10-13,15-16,18-19H2,1-2H3/t20?,22?,24?,25-,31-/m0/s1. The van der Waals surface area contributed by atoms with E-state index in [4.69, 9.17) is 16.3 Å². The molecule has 8 heteroatoms. The molecule has 0 spiro atoms. The molecule has 1 N–H and O–H groups in total. The van der Waals surface area contributed by atoms with Crippen molar-refractivity contribution in [1.82, 2.24) is 9.88 Å². The van der Waals surface area contributed by atoms with Crippen LogP contribution in [0.5, 0.6) is 0 Å². The van der Waals surface area contributed by atoms with E-state index in [0.717, 1.165) is 50.5 Å². The van der Waals surface area contributed by atoms with Crippen molar-refractivity contribution in [3.63, 3.8) is 0 Å². The van der Waals surface area contributed by atoms with Crippen LogP contribution in [0, 0.1) is 29.6 Å². The molecule has 6 nitrogen and oxygen atoms in total. The van der Waals surface area contributed by atoms with Crippen LogP contribution >= 0.6 is 11.6 Å². The number of fused-ring (bicyclic) bond motifs is 1. The smallest absolute Gasteiger partial charge is 0.356 e. The summed E-state index contributed by atoms with van der Waals surface area (Å²) in [7, 11) is 0. The Morgan fingerprint density at radius 1 is 1.07 bits per heavy atom. The van der Waals surface area contributed by atoms with Crippen LogP contribution in [0.2, 0.25) is 5.02 Å². The van der Waals surface area contributed by atoms with Crippen LogP contribution in [0.4, 0.5) is 4.39 Å². The van der Waals surface area contributed by atoms with Crippen molar-refractivity contribution < 1.29 is 23.5 Å². The van der Waals surface area contributed by atoms with Gasteiger partial charge in [0.05, 0.1) is 24.3 Å². The summed E-state index contributed by atoms with van der Waals surface area (Å²) in [6, 6.07) is 5.21. The number of carbonyl (C=O) groups is 3. The molecule has 3 fully saturated rings. The molecular formula is C33H44ClFN2O4. The predicted molar refractivity (Wildman–Crippen MR) is 159 cm³/mol. The number of nitrogens with one attached hydrogen (secondary N) is 1. The van der Waals surface area contributed by atoms with Gasteiger partial charge in [-0.2, -0.15) is 0 Å². The fourth-order valence-electron chi connectivity index (χ4n) is 7.79. The number of nitrogens with zero attached hydrogens (tertiary/aromatic N) is 1. The Kier molecular flexibility index (Phi) is 9.73. The van der Waals surface area contributed by atoms with Gasteiger partial charge in [-0.05, 0) is 80.4 Å². The molecule has 1 aromatic heterocycles. The quantitative estimate of drug-likeness (QED) is 0.312. The van der Waals surface area contributed by atoms with Crippen molar-refractivity contribution in [2.45, 2.75) is 90.5 Å². The molecule has 2 heterocycles. The largest absolute Gasteiger partial charge is 0.461 e. The number of halogens is 2. The number of hydrogen-bond donors (Lipinski definition) is 1. The average Bonchev–Trinajstić information content (AvgIpc) is 3.59. The number of benzene rings is 1. The highest BCUT2D eigenvalue weighted by atomic mass is 35.5. The minimum atomic E-state index is -0.505. The van der Waals surface area contributed by atoms with Gasteiger partial charge in [0.1, 0.15) is 5.69 Å². The number of aromatic nitrogens is 1. The summed E-state index contributed by atoms with van der Waals surface area (Å²) in [6.07, 6.45) is 10.3. The molecule has 0 radical (unpaired) electrons. The predicted octanol–water partition coefficient (Wildman–Crippen LogP) is 7.32. The number of H-pyrrole nitrogens is 1. The molecule has 0 bridgehead atoms. The summed E-state index contributed by atoms with van der Waals surface area (Å²) >= 11 is 6.55. The van der Waals surface area contributed by atoms with Gasteiger partial charge in [-0.15, -0.1) is 0 Å². The lowest BCUT2D eigenvalue weighted by atomic mass is 9.74. The molecule has 2 saturated carbocycles. The zero-order valence-corrected chi connectivity index (χ0v) is 25.2. The van der Waals surface area contributed by atoms with Gasteiger partial charge in [0.2, 0.25) is 5.91 Å². The molecule has 1 unspecified atom stereocenters. The minimum Gasteiger partial charge on any atom is -0.461 e. The van der Waals surface area contributed by atoms with Crippen LogP contribution < -0.4 is 0 Å². The van der Waals surface area contributed by atoms with E-state index in [0.29, 0.717) is 34.3 Å². The molecule has 41 heavy (non-hydrogen) atoms. The van der Waals surface area contributed by atoms with Crippen LogP contribution in [0.25, 0.3) is 10.9 Å². The molecule has 2 aromatic rings. The zero-order chi connectivity index (χ0) is 29.1. The van der Waals surface area contributed by atoms with E-state index >= 15 is 0 Å². The highest BCUT2D eigenvalue weighted by Crippen LogP contribution is 2.42. The molecule has 3 atom stereocenters. The number of aromatic amines is 1. The van der Waals surface area contributed by atoms with Crippen molar-refractivity contribution in [2.75, 3.05) is 19.8 Å². The van der Waals surface area contributed by atoms with E-state index in [9.17, 15) is 18.8 Å². The topological polar surface area (TPSA) is 79.5 Å². The molecular weight excluding hydrogens is 543 g/mol. The van der Waals surface area contributed by atoms with E-state index in [-0.39, 0.29) is 54.8 Å². The van der Waals surface area contributed by atoms with Gasteiger partial charge >= 0.3 is 5.97 Å². The van der Waals surface area contributed by atoms with E-state index in [2.05, 4.69) is 4.98 Å². The first kappa shape index (κ1) is 30.1. The summed E-state index contributed by atoms with van der Waals surface area (Å²) in [4.78, 5) is 45.3. The number of rotatable bonds is 9. The first-order valence-electron chi connectivity index (χ1n) is 15.7. The maximum Gasteiger partial charge on any atom is 0.356 e. The van der Waals surface area contributed by atoms with Crippen molar-refractivity contribution in [2.24, 2.45) is 29.6 Å². The first-order chi connectivity index (χ1) is 19.8. The molecule has 1 aliphatic heterocycles. The number of amides is 1. The average molecular weight is 587 g/mol. The Bertz CT molecular complexity index is 1250. The Morgan fingerprint density at radius 3 is 2.49 bits per heavy atom. The lowest BCUT2D eigenvalue weighted by Crippen LogP contribution is -2.48. The Morgan fingerprint density at radius 2 is 1.80 bits per heavy atom. The Hall–Kier alpha value is -2.41. The fraction of sp³-hybridized carbons (Fsp3) is 0.667. The molecule has 2 aliphatic carbocycles. The normalized spacial score (nSPS) is 26.3. The van der Waals surface area contributed by atoms with Crippen molar-refractivity contribution >= 4 is 40.2 Å². The highest BCUT2D eigenvalue weighted by Gasteiger charge is 2.46. The van der Waals surface area contributed by atoms with Crippen LogP contribution in [-0.4, -0.2) is 53.4 Å². The molecule has 1 amide bonds. The number of Topliss-reactive ketones (excluding diaryl/α,β-unsaturated/α-hetero) is 1. The van der Waals surface area contributed by atoms with Gasteiger partial charge in [0, 0.05) is 29.8 Å². The summed E-state index contributed by atoms with van der Waals surface area (Å²) in [5.41, 5.74) is 1.75. The second kappa shape index (κ2) is 13.3. The first-order valence-corrected chi connectivity index (χ1v) is 16.1. The Balaban J connectivity index is 1.35. The lowest BCUT2D eigenvalue weighted by Gasteiger charge is -2.37. The summed E-state index contributed by atoms with van der Waals surface area (Å²) in [6.45, 7) is 4.30. The Labute approximate surface area is 247 Å². The summed E-state index contributed by atoms with van der Waals surface area (Å²) < 4.78 is 18.4. The van der Waals surface area contributed by atoms with Gasteiger partial charge in [-0.1, -0.05) is 56.7 Å². The van der Waals surface area contributed by atoms with E-state index in [1.54, 1.807) is 6.92 Å². The number of carbonyl (C=O) groups excluding carboxylic acids is 3. The molecule has 5 rings (SSSR count). The summed E-state index contributed by atoms with van der Waals surface area (Å²) in [5.74, 6) is 0.690. The number of likely N-dealkylation sites (tertiary alicyclic amines) is 1. The van der Waals surface area contributed by atoms with Gasteiger partial charge < -0.3 is 14.6 Å². The van der Waals surface area contributed by atoms with E-state index in [1.807, 2.05) is 30.0 Å². The van der Waals surface area contributed by atoms with Gasteiger partial charge in [0.25, 0.3) is 0 Å². The maximum atomic E-state index is 14.1. The molecule has 1 aromatic carbocycles. The number of hydrogen-bond acceptors (Lipinski definition) is 4. The second-order valence-electron chi connectivity index (χ2n) is 12.6. The third kappa shape index (κ3) is 6.35. The van der Waals surface area contributed by atoms with Gasteiger partial charge in [-0.3, -0.25) is 14.0 Å². The SMILES string of the molecule is CCOC(=O)c1[nH]c2ccc(CC(=O)[C@@H]3[C@H](C4CCCCC4)CCN3C(=O)C3CCC(C(C)CF)CC3)cc2c1Cl. The third-order valence-corrected chi connectivity index (χ3v) is 10.5. The number of ketones is 1. The van der Waals surface area contributed by atoms with E-state index in [1.165, 1.54) is 19.3 Å². The van der Waals surface area contributed by atoms with Gasteiger partial charge in [-0.25, -0.2) is 4.79 Å². The zero-order valence-electron chi connectivity index (χ0n) is 24.4. The maximum absolute atomic E-state index is 14.1. The number of esters is 1. The number of ether oxygens (including phenoxy) is 1. The van der Waals surface area contributed by atoms with E-state index < -0.39 is 12.0 Å². The van der Waals surface area contributed by atoms with Crippen LogP contribution in [-0.2, 0) is 20.7 Å². The van der Waals surface area contributed by atoms with Crippen LogP contribution in [0.3, 0.4) is 0 Å². The molecule has 224 valence electrons. The minimum absolute atomic E-state index is 0.0436. The van der Waals surface area contributed by atoms with Crippen molar-refractivity contribution in [3.05, 3.63) is 34.5 Å². The number of alkyl halides is 1. The highest BCUT2D eigenvalue weighted by molar-refractivity contribution is 6.38. The van der Waals surface area contributed by atoms with Crippen LogP contribution in [0.15, 0.2) is 18.2 Å². The summed E-state index contributed by atoms with van der Waals surface area (Å²) in [5, 5.41) is 0.977. The van der Waals surface area contributed by atoms with Crippen molar-refractivity contribution in [3.8, 4) is 0 Å².